The molecule has 0 unspecified atom stereocenters. The molecule has 0 aromatic rings. The summed E-state index contributed by atoms with van der Waals surface area (Å²) in [5, 5.41) is 10.7. The van der Waals surface area contributed by atoms with E-state index >= 15 is 0 Å². The minimum absolute atomic E-state index is 0.0406. The average molecular weight is 240 g/mol. The summed E-state index contributed by atoms with van der Waals surface area (Å²) >= 11 is 0. The maximum absolute atomic E-state index is 11.8. The van der Waals surface area contributed by atoms with Crippen LogP contribution in [0.3, 0.4) is 0 Å². The lowest BCUT2D eigenvalue weighted by atomic mass is 10.2. The number of carbonyl (C=O) groups is 2. The predicted octanol–water partition coefficient (Wildman–Crippen LogP) is 0.807. The first kappa shape index (κ1) is 12.6. The molecular weight excluding hydrogens is 229 g/mol. The van der Waals surface area contributed by atoms with Gasteiger partial charge >= 0.3 is 12.3 Å². The van der Waals surface area contributed by atoms with Crippen LogP contribution in [0.25, 0.3) is 0 Å². The average Bonchev–Trinajstić information content (AvgIpc) is 2.48. The molecule has 1 saturated heterocycles. The topological polar surface area (TPSA) is 69.6 Å². The van der Waals surface area contributed by atoms with Gasteiger partial charge in [0.05, 0.1) is 0 Å². The second-order valence-electron chi connectivity index (χ2n) is 3.57. The molecular formula is C8H11F3N2O3. The number of hydrogen-bond donors (Lipinski definition) is 2. The molecule has 0 bridgehead atoms. The zero-order chi connectivity index (χ0) is 12.3. The van der Waals surface area contributed by atoms with E-state index in [1.807, 2.05) is 0 Å². The summed E-state index contributed by atoms with van der Waals surface area (Å²) in [6.45, 7) is 0.269. The lowest BCUT2D eigenvalue weighted by Gasteiger charge is -2.14. The Bertz CT molecular complexity index is 293. The first-order valence-corrected chi connectivity index (χ1v) is 4.62. The molecule has 1 fully saturated rings. The molecule has 8 heteroatoms. The molecule has 0 spiro atoms. The molecule has 0 saturated carbocycles. The molecule has 92 valence electrons. The highest BCUT2D eigenvalue weighted by atomic mass is 19.4. The fraction of sp³-hybridized carbons (Fsp3) is 0.750. The van der Waals surface area contributed by atoms with Crippen molar-refractivity contribution in [1.82, 2.24) is 10.2 Å². The number of nitrogens with one attached hydrogen (secondary N) is 1. The normalized spacial score (nSPS) is 20.9. The quantitative estimate of drug-likeness (QED) is 0.750. The van der Waals surface area contributed by atoms with E-state index in [2.05, 4.69) is 5.32 Å². The summed E-state index contributed by atoms with van der Waals surface area (Å²) in [5.74, 6) is -1.12. The van der Waals surface area contributed by atoms with Crippen LogP contribution in [-0.2, 0) is 4.79 Å². The lowest BCUT2D eigenvalue weighted by Crippen LogP contribution is -2.39. The molecule has 1 aliphatic rings. The first-order chi connectivity index (χ1) is 7.28. The number of alkyl halides is 3. The van der Waals surface area contributed by atoms with E-state index in [0.717, 1.165) is 4.90 Å². The Balaban J connectivity index is 2.34. The number of hydrogen-bond acceptors (Lipinski definition) is 2. The molecule has 1 atom stereocenters. The van der Waals surface area contributed by atoms with Crippen molar-refractivity contribution in [2.45, 2.75) is 25.1 Å². The summed E-state index contributed by atoms with van der Waals surface area (Å²) in [4.78, 5) is 22.4. The van der Waals surface area contributed by atoms with Gasteiger partial charge in [-0.15, -0.1) is 0 Å². The standard InChI is InChI=1S/C8H11F3N2O3/c9-8(10,11)3-6(14)12-5-1-2-13(4-5)7(15)16/h5H,1-4H2,(H,12,14)(H,15,16)/t5-/m0/s1. The van der Waals surface area contributed by atoms with Gasteiger partial charge in [-0.25, -0.2) is 4.79 Å². The van der Waals surface area contributed by atoms with Crippen LogP contribution < -0.4 is 5.32 Å². The molecule has 1 aliphatic heterocycles. The van der Waals surface area contributed by atoms with Crippen molar-refractivity contribution in [3.05, 3.63) is 0 Å². The third-order valence-corrected chi connectivity index (χ3v) is 2.18. The Morgan fingerprint density at radius 3 is 2.50 bits per heavy atom. The van der Waals surface area contributed by atoms with E-state index in [-0.39, 0.29) is 13.1 Å². The maximum Gasteiger partial charge on any atom is 0.407 e. The number of carboxylic acid groups (broad SMARTS) is 1. The summed E-state index contributed by atoms with van der Waals surface area (Å²) in [5.41, 5.74) is 0. The highest BCUT2D eigenvalue weighted by molar-refractivity contribution is 5.77. The zero-order valence-electron chi connectivity index (χ0n) is 8.25. The smallest absolute Gasteiger partial charge is 0.407 e. The molecule has 2 N–H and O–H groups in total. The third-order valence-electron chi connectivity index (χ3n) is 2.18. The first-order valence-electron chi connectivity index (χ1n) is 4.62. The molecule has 0 radical (unpaired) electrons. The van der Waals surface area contributed by atoms with Gasteiger partial charge < -0.3 is 15.3 Å². The van der Waals surface area contributed by atoms with Gasteiger partial charge in [0.25, 0.3) is 0 Å². The van der Waals surface area contributed by atoms with E-state index in [9.17, 15) is 22.8 Å². The van der Waals surface area contributed by atoms with Gasteiger partial charge in [0.1, 0.15) is 6.42 Å². The second-order valence-corrected chi connectivity index (χ2v) is 3.57. The van der Waals surface area contributed by atoms with Crippen LogP contribution in [0.4, 0.5) is 18.0 Å². The van der Waals surface area contributed by atoms with Crippen molar-refractivity contribution in [1.29, 1.82) is 0 Å². The number of amides is 2. The van der Waals surface area contributed by atoms with Gasteiger partial charge in [-0.1, -0.05) is 0 Å². The van der Waals surface area contributed by atoms with Crippen molar-refractivity contribution < 1.29 is 27.9 Å². The van der Waals surface area contributed by atoms with Crippen LogP contribution in [0.1, 0.15) is 12.8 Å². The Morgan fingerprint density at radius 2 is 2.06 bits per heavy atom. The van der Waals surface area contributed by atoms with Crippen LogP contribution in [0.2, 0.25) is 0 Å². The van der Waals surface area contributed by atoms with Crippen LogP contribution in [0, 0.1) is 0 Å². The van der Waals surface area contributed by atoms with Gasteiger partial charge in [0, 0.05) is 19.1 Å². The van der Waals surface area contributed by atoms with Crippen molar-refractivity contribution in [2.75, 3.05) is 13.1 Å². The van der Waals surface area contributed by atoms with Crippen molar-refractivity contribution in [3.8, 4) is 0 Å². The van der Waals surface area contributed by atoms with Crippen molar-refractivity contribution >= 4 is 12.0 Å². The van der Waals surface area contributed by atoms with Crippen LogP contribution >= 0.6 is 0 Å². The summed E-state index contributed by atoms with van der Waals surface area (Å²) in [6, 6.07) is -0.522. The summed E-state index contributed by atoms with van der Waals surface area (Å²) in [7, 11) is 0. The van der Waals surface area contributed by atoms with E-state index in [1.54, 1.807) is 0 Å². The Hall–Kier alpha value is -1.47. The molecule has 0 aliphatic carbocycles. The second kappa shape index (κ2) is 4.58. The molecule has 0 aromatic heterocycles. The minimum atomic E-state index is -4.53. The molecule has 1 heterocycles. The highest BCUT2D eigenvalue weighted by Gasteiger charge is 2.33. The van der Waals surface area contributed by atoms with E-state index in [4.69, 9.17) is 5.11 Å². The summed E-state index contributed by atoms with van der Waals surface area (Å²) < 4.78 is 35.5. The molecule has 5 nitrogen and oxygen atoms in total. The maximum atomic E-state index is 11.8. The van der Waals surface area contributed by atoms with E-state index in [1.165, 1.54) is 0 Å². The highest BCUT2D eigenvalue weighted by Crippen LogP contribution is 2.19. The van der Waals surface area contributed by atoms with E-state index in [0.29, 0.717) is 6.42 Å². The predicted molar refractivity (Wildman–Crippen MR) is 46.8 cm³/mol. The number of rotatable bonds is 2. The third kappa shape index (κ3) is 3.95. The molecule has 1 rings (SSSR count). The molecule has 16 heavy (non-hydrogen) atoms. The lowest BCUT2D eigenvalue weighted by molar-refractivity contribution is -0.154. The number of likely N-dealkylation sites (tertiary alicyclic amines) is 1. The van der Waals surface area contributed by atoms with Gasteiger partial charge in [-0.05, 0) is 6.42 Å². The van der Waals surface area contributed by atoms with E-state index < -0.39 is 30.6 Å². The Morgan fingerprint density at radius 1 is 1.44 bits per heavy atom. The van der Waals surface area contributed by atoms with Gasteiger partial charge in [0.2, 0.25) is 5.91 Å². The number of nitrogens with zero attached hydrogens (tertiary/aromatic N) is 1. The van der Waals surface area contributed by atoms with Crippen LogP contribution in [0.5, 0.6) is 0 Å². The molecule has 2 amide bonds. The molecule has 0 aromatic carbocycles. The van der Waals surface area contributed by atoms with Gasteiger partial charge in [0.15, 0.2) is 0 Å². The van der Waals surface area contributed by atoms with Gasteiger partial charge in [-0.2, -0.15) is 13.2 Å². The number of carbonyl (C=O) groups excluding carboxylic acids is 1. The fourth-order valence-electron chi connectivity index (χ4n) is 1.51. The SMILES string of the molecule is O=C(CC(F)(F)F)N[C@H]1CCN(C(=O)O)C1. The zero-order valence-corrected chi connectivity index (χ0v) is 8.25. The summed E-state index contributed by atoms with van der Waals surface area (Å²) in [6.07, 6.45) is -6.85. The van der Waals surface area contributed by atoms with Gasteiger partial charge in [-0.3, -0.25) is 4.79 Å². The number of halogens is 3. The Kier molecular flexibility index (Phi) is 3.61. The Labute approximate surface area is 89.2 Å². The van der Waals surface area contributed by atoms with Crippen molar-refractivity contribution in [3.63, 3.8) is 0 Å². The van der Waals surface area contributed by atoms with Crippen LogP contribution in [0.15, 0.2) is 0 Å². The fourth-order valence-corrected chi connectivity index (χ4v) is 1.51. The monoisotopic (exact) mass is 240 g/mol. The van der Waals surface area contributed by atoms with Crippen molar-refractivity contribution in [2.24, 2.45) is 0 Å². The minimum Gasteiger partial charge on any atom is -0.465 e. The van der Waals surface area contributed by atoms with Crippen LogP contribution in [-0.4, -0.2) is 47.3 Å². The largest absolute Gasteiger partial charge is 0.465 e.